The van der Waals surface area contributed by atoms with E-state index < -0.39 is 0 Å². The van der Waals surface area contributed by atoms with Crippen LogP contribution in [0.4, 0.5) is 0 Å². The minimum Gasteiger partial charge on any atom is -0.296 e. The molecule has 3 nitrogen and oxygen atoms in total. The van der Waals surface area contributed by atoms with E-state index in [4.69, 9.17) is 5.10 Å². The molecule has 0 N–H and O–H groups in total. The molecule has 4 aromatic rings. The molecule has 3 heteroatoms. The highest BCUT2D eigenvalue weighted by atomic mass is 16.1. The lowest BCUT2D eigenvalue weighted by atomic mass is 9.82. The molecule has 0 aliphatic heterocycles. The summed E-state index contributed by atoms with van der Waals surface area (Å²) in [6, 6.07) is 23.8. The van der Waals surface area contributed by atoms with Crippen LogP contribution >= 0.6 is 0 Å². The molecule has 0 saturated heterocycles. The number of benzene rings is 3. The summed E-state index contributed by atoms with van der Waals surface area (Å²) < 4.78 is 1.94. The number of hydrogen-bond acceptors (Lipinski definition) is 2. The van der Waals surface area contributed by atoms with Crippen molar-refractivity contribution in [3.8, 4) is 0 Å². The minimum absolute atomic E-state index is 0.162. The second-order valence-electron chi connectivity index (χ2n) is 10.4. The van der Waals surface area contributed by atoms with Gasteiger partial charge in [-0.05, 0) is 58.6 Å². The molecule has 0 spiro atoms. The zero-order valence-electron chi connectivity index (χ0n) is 19.8. The lowest BCUT2D eigenvalue weighted by Crippen LogP contribution is -2.13. The third-order valence-corrected chi connectivity index (χ3v) is 7.10. The smallest absolute Gasteiger partial charge is 0.168 e. The third kappa shape index (κ3) is 4.25. The Balaban J connectivity index is 1.46. The first-order valence-corrected chi connectivity index (χ1v) is 12.0. The van der Waals surface area contributed by atoms with Crippen molar-refractivity contribution in [1.82, 2.24) is 9.78 Å². The van der Waals surface area contributed by atoms with Gasteiger partial charge >= 0.3 is 0 Å². The zero-order valence-corrected chi connectivity index (χ0v) is 19.8. The molecule has 0 saturated carbocycles. The van der Waals surface area contributed by atoms with Gasteiger partial charge in [-0.3, -0.25) is 9.48 Å². The zero-order chi connectivity index (χ0) is 23.0. The number of carbonyl (C=O) groups is 1. The SMILES string of the molecule is CC(C)(C)c1ccc(CC2CCCc3c2nn(Cc2cccc4ccccc24)c3C=O)cc1. The van der Waals surface area contributed by atoms with Crippen LogP contribution in [0.2, 0.25) is 0 Å². The van der Waals surface area contributed by atoms with Gasteiger partial charge in [0.2, 0.25) is 0 Å². The van der Waals surface area contributed by atoms with E-state index in [9.17, 15) is 4.79 Å². The molecule has 33 heavy (non-hydrogen) atoms. The monoisotopic (exact) mass is 436 g/mol. The van der Waals surface area contributed by atoms with E-state index >= 15 is 0 Å². The van der Waals surface area contributed by atoms with Crippen LogP contribution in [0.25, 0.3) is 10.8 Å². The molecule has 5 rings (SSSR count). The Kier molecular flexibility index (Phi) is 5.65. The van der Waals surface area contributed by atoms with Gasteiger partial charge in [-0.15, -0.1) is 0 Å². The Morgan fingerprint density at radius 3 is 2.52 bits per heavy atom. The van der Waals surface area contributed by atoms with Gasteiger partial charge in [0.05, 0.1) is 12.2 Å². The van der Waals surface area contributed by atoms with Crippen molar-refractivity contribution in [3.05, 3.63) is 100 Å². The summed E-state index contributed by atoms with van der Waals surface area (Å²) in [6.45, 7) is 7.37. The fourth-order valence-corrected chi connectivity index (χ4v) is 5.25. The number of aldehydes is 1. The van der Waals surface area contributed by atoms with Gasteiger partial charge in [0.1, 0.15) is 5.69 Å². The Labute approximate surface area is 196 Å². The average molecular weight is 437 g/mol. The number of fused-ring (bicyclic) bond motifs is 2. The fraction of sp³-hybridized carbons (Fsp3) is 0.333. The van der Waals surface area contributed by atoms with Crippen molar-refractivity contribution in [2.45, 2.75) is 64.3 Å². The highest BCUT2D eigenvalue weighted by molar-refractivity contribution is 5.85. The second-order valence-corrected chi connectivity index (χ2v) is 10.4. The maximum absolute atomic E-state index is 12.1. The molecule has 0 radical (unpaired) electrons. The summed E-state index contributed by atoms with van der Waals surface area (Å²) in [4.78, 5) is 12.1. The fourth-order valence-electron chi connectivity index (χ4n) is 5.25. The van der Waals surface area contributed by atoms with Crippen LogP contribution in [0.3, 0.4) is 0 Å². The molecule has 168 valence electrons. The molecule has 0 amide bonds. The molecule has 1 heterocycles. The molecule has 1 unspecified atom stereocenters. The summed E-state index contributed by atoms with van der Waals surface area (Å²) in [6.07, 6.45) is 5.16. The van der Waals surface area contributed by atoms with Crippen LogP contribution in [0.15, 0.2) is 66.7 Å². The maximum Gasteiger partial charge on any atom is 0.168 e. The first-order chi connectivity index (χ1) is 15.9. The molecule has 0 bridgehead atoms. The van der Waals surface area contributed by atoms with Crippen molar-refractivity contribution in [2.24, 2.45) is 0 Å². The standard InChI is InChI=1S/C30H32N2O/c1-30(2,3)25-16-14-21(15-17-25)18-23-10-7-13-27-28(20-33)32(31-29(23)27)19-24-11-6-9-22-8-4-5-12-26(22)24/h4-6,8-9,11-12,14-17,20,23H,7,10,13,18-19H2,1-3H3. The van der Waals surface area contributed by atoms with Gasteiger partial charge in [0.15, 0.2) is 6.29 Å². The Bertz CT molecular complexity index is 1290. The van der Waals surface area contributed by atoms with Crippen LogP contribution in [0.1, 0.15) is 78.0 Å². The predicted molar refractivity (Wildman–Crippen MR) is 135 cm³/mol. The topological polar surface area (TPSA) is 34.9 Å². The number of nitrogens with zero attached hydrogens (tertiary/aromatic N) is 2. The molecule has 0 fully saturated rings. The highest BCUT2D eigenvalue weighted by Gasteiger charge is 2.28. The van der Waals surface area contributed by atoms with Crippen LogP contribution < -0.4 is 0 Å². The van der Waals surface area contributed by atoms with Gasteiger partial charge in [0.25, 0.3) is 0 Å². The number of rotatable bonds is 5. The molecule has 1 aromatic heterocycles. The molecular weight excluding hydrogens is 404 g/mol. The van der Waals surface area contributed by atoms with E-state index in [1.54, 1.807) is 0 Å². The van der Waals surface area contributed by atoms with E-state index in [0.717, 1.165) is 48.9 Å². The number of aromatic nitrogens is 2. The van der Waals surface area contributed by atoms with Crippen molar-refractivity contribution in [2.75, 3.05) is 0 Å². The molecule has 1 aliphatic carbocycles. The van der Waals surface area contributed by atoms with Gasteiger partial charge in [-0.25, -0.2) is 0 Å². The lowest BCUT2D eigenvalue weighted by molar-refractivity contribution is 0.111. The summed E-state index contributed by atoms with van der Waals surface area (Å²) in [5, 5.41) is 7.49. The van der Waals surface area contributed by atoms with E-state index in [2.05, 4.69) is 87.5 Å². The van der Waals surface area contributed by atoms with E-state index in [0.29, 0.717) is 12.5 Å². The van der Waals surface area contributed by atoms with Crippen LogP contribution in [-0.4, -0.2) is 16.1 Å². The average Bonchev–Trinajstić information content (AvgIpc) is 3.17. The first-order valence-electron chi connectivity index (χ1n) is 12.0. The Morgan fingerprint density at radius 1 is 1.00 bits per heavy atom. The molecule has 1 aliphatic rings. The quantitative estimate of drug-likeness (QED) is 0.320. The molecule has 1 atom stereocenters. The largest absolute Gasteiger partial charge is 0.296 e. The number of hydrogen-bond donors (Lipinski definition) is 0. The van der Waals surface area contributed by atoms with Gasteiger partial charge in [-0.1, -0.05) is 87.5 Å². The normalized spacial score (nSPS) is 16.0. The van der Waals surface area contributed by atoms with Crippen molar-refractivity contribution in [1.29, 1.82) is 0 Å². The van der Waals surface area contributed by atoms with Gasteiger partial charge in [0, 0.05) is 11.5 Å². The van der Waals surface area contributed by atoms with Gasteiger partial charge < -0.3 is 0 Å². The van der Waals surface area contributed by atoms with Crippen LogP contribution in [0, 0.1) is 0 Å². The third-order valence-electron chi connectivity index (χ3n) is 7.10. The summed E-state index contributed by atoms with van der Waals surface area (Å²) in [5.41, 5.74) is 7.11. The summed E-state index contributed by atoms with van der Waals surface area (Å²) in [7, 11) is 0. The Hall–Kier alpha value is -3.20. The van der Waals surface area contributed by atoms with Crippen molar-refractivity contribution in [3.63, 3.8) is 0 Å². The summed E-state index contributed by atoms with van der Waals surface area (Å²) in [5.74, 6) is 0.363. The second kappa shape index (κ2) is 8.62. The summed E-state index contributed by atoms with van der Waals surface area (Å²) >= 11 is 0. The molecule has 3 aromatic carbocycles. The van der Waals surface area contributed by atoms with Crippen LogP contribution in [0.5, 0.6) is 0 Å². The molecular formula is C30H32N2O. The van der Waals surface area contributed by atoms with Gasteiger partial charge in [-0.2, -0.15) is 5.10 Å². The van der Waals surface area contributed by atoms with E-state index in [1.807, 2.05) is 4.68 Å². The predicted octanol–water partition coefficient (Wildman–Crippen LogP) is 6.86. The van der Waals surface area contributed by atoms with Crippen molar-refractivity contribution < 1.29 is 4.79 Å². The van der Waals surface area contributed by atoms with E-state index in [-0.39, 0.29) is 5.41 Å². The lowest BCUT2D eigenvalue weighted by Gasteiger charge is -2.22. The van der Waals surface area contributed by atoms with Crippen LogP contribution in [-0.2, 0) is 24.8 Å². The first kappa shape index (κ1) is 21.6. The minimum atomic E-state index is 0.162. The van der Waals surface area contributed by atoms with Crippen molar-refractivity contribution >= 4 is 17.1 Å². The van der Waals surface area contributed by atoms with E-state index in [1.165, 1.54) is 27.5 Å². The highest BCUT2D eigenvalue weighted by Crippen LogP contribution is 2.36. The Morgan fingerprint density at radius 2 is 1.76 bits per heavy atom. The maximum atomic E-state index is 12.1. The number of carbonyl (C=O) groups excluding carboxylic acids is 1.